The number of ether oxygens (including phenoxy) is 2. The molecule has 0 aliphatic carbocycles. The Labute approximate surface area is 341 Å². The van der Waals surface area contributed by atoms with Gasteiger partial charge >= 0.3 is 11.9 Å². The third-order valence-electron chi connectivity index (χ3n) is 10.4. The molecule has 55 heavy (non-hydrogen) atoms. The van der Waals surface area contributed by atoms with Gasteiger partial charge in [-0.2, -0.15) is 0 Å². The zero-order chi connectivity index (χ0) is 40.0. The maximum atomic E-state index is 12.2. The number of hydrogen-bond donors (Lipinski definition) is 1. The molecule has 0 rings (SSSR count). The molecule has 0 radical (unpaired) electrons. The molecule has 0 aliphatic rings. The molecule has 0 saturated heterocycles. The molecule has 0 aromatic carbocycles. The second-order valence-electron chi connectivity index (χ2n) is 15.8. The smallest absolute Gasteiger partial charge is 0.306 e. The summed E-state index contributed by atoms with van der Waals surface area (Å²) in [6.07, 6.45) is 59.1. The normalized spacial score (nSPS) is 12.6. The Morgan fingerprint density at radius 2 is 0.782 bits per heavy atom. The van der Waals surface area contributed by atoms with Crippen LogP contribution in [0.4, 0.5) is 0 Å². The van der Waals surface area contributed by atoms with Crippen LogP contribution in [0.2, 0.25) is 0 Å². The second kappa shape index (κ2) is 46.2. The summed E-state index contributed by atoms with van der Waals surface area (Å²) in [6.45, 7) is 4.04. The SMILES string of the molecule is CC/C=C\C/C=C\C/C=C\C/C=C\CCCCCCCCCCCCCCCCC(=O)OC(CO)COC(=O)CCCCCCCCCCCCCCCC. The first-order chi connectivity index (χ1) is 27.1. The molecule has 0 spiro atoms. The van der Waals surface area contributed by atoms with Crippen LogP contribution in [0.3, 0.4) is 0 Å². The maximum Gasteiger partial charge on any atom is 0.306 e. The number of aliphatic hydroxyl groups is 1. The number of carbonyl (C=O) groups is 2. The van der Waals surface area contributed by atoms with Gasteiger partial charge in [-0.1, -0.05) is 223 Å². The van der Waals surface area contributed by atoms with Crippen molar-refractivity contribution in [2.45, 2.75) is 245 Å². The summed E-state index contributed by atoms with van der Waals surface area (Å²) in [5, 5.41) is 9.60. The maximum absolute atomic E-state index is 12.2. The standard InChI is InChI=1S/C50H90O5/c1-3-5-7-9-11-13-15-17-19-20-21-22-23-24-25-26-27-28-29-30-31-33-35-37-39-41-43-45-50(53)55-48(46-51)47-54-49(52)44-42-40-38-36-34-32-18-16-14-12-10-8-6-4-2/h5,7,11,13,17,19,21-22,48,51H,3-4,6,8-10,12,14-16,18,20,23-47H2,1-2H3/b7-5-,13-11-,19-17-,22-21-. The lowest BCUT2D eigenvalue weighted by atomic mass is 10.0. The molecule has 1 N–H and O–H groups in total. The Kier molecular flexibility index (Phi) is 44.4. The van der Waals surface area contributed by atoms with E-state index in [1.54, 1.807) is 0 Å². The van der Waals surface area contributed by atoms with E-state index in [1.807, 2.05) is 0 Å². The molecule has 5 nitrogen and oxygen atoms in total. The quantitative estimate of drug-likeness (QED) is 0.0380. The highest BCUT2D eigenvalue weighted by atomic mass is 16.6. The highest BCUT2D eigenvalue weighted by molar-refractivity contribution is 5.70. The van der Waals surface area contributed by atoms with Gasteiger partial charge in [0, 0.05) is 12.8 Å². The van der Waals surface area contributed by atoms with Gasteiger partial charge in [-0.15, -0.1) is 0 Å². The van der Waals surface area contributed by atoms with Crippen LogP contribution in [-0.4, -0.2) is 36.4 Å². The lowest BCUT2D eigenvalue weighted by Gasteiger charge is -2.15. The highest BCUT2D eigenvalue weighted by Crippen LogP contribution is 2.16. The van der Waals surface area contributed by atoms with E-state index < -0.39 is 6.10 Å². The fourth-order valence-electron chi connectivity index (χ4n) is 6.84. The molecule has 0 saturated carbocycles. The second-order valence-corrected chi connectivity index (χ2v) is 15.8. The highest BCUT2D eigenvalue weighted by Gasteiger charge is 2.16. The summed E-state index contributed by atoms with van der Waals surface area (Å²) >= 11 is 0. The van der Waals surface area contributed by atoms with E-state index in [2.05, 4.69) is 62.5 Å². The number of aliphatic hydroxyl groups excluding tert-OH is 1. The van der Waals surface area contributed by atoms with E-state index in [0.717, 1.165) is 64.2 Å². The van der Waals surface area contributed by atoms with Crippen molar-refractivity contribution >= 4 is 11.9 Å². The Balaban J connectivity index is 3.48. The van der Waals surface area contributed by atoms with E-state index >= 15 is 0 Å². The van der Waals surface area contributed by atoms with E-state index in [-0.39, 0.29) is 25.2 Å². The average molecular weight is 771 g/mol. The van der Waals surface area contributed by atoms with Crippen molar-refractivity contribution in [3.8, 4) is 0 Å². The number of allylic oxidation sites excluding steroid dienone is 8. The van der Waals surface area contributed by atoms with Crippen molar-refractivity contribution in [1.82, 2.24) is 0 Å². The molecule has 1 atom stereocenters. The van der Waals surface area contributed by atoms with Gasteiger partial charge in [0.15, 0.2) is 6.10 Å². The summed E-state index contributed by atoms with van der Waals surface area (Å²) in [5.41, 5.74) is 0. The van der Waals surface area contributed by atoms with Crippen molar-refractivity contribution < 1.29 is 24.2 Å². The first kappa shape index (κ1) is 52.9. The largest absolute Gasteiger partial charge is 0.462 e. The summed E-state index contributed by atoms with van der Waals surface area (Å²) < 4.78 is 10.7. The third kappa shape index (κ3) is 44.4. The fraction of sp³-hybridized carbons (Fsp3) is 0.800. The molecule has 0 aromatic rings. The van der Waals surface area contributed by atoms with Gasteiger partial charge < -0.3 is 14.6 Å². The molecule has 1 unspecified atom stereocenters. The van der Waals surface area contributed by atoms with Gasteiger partial charge in [-0.25, -0.2) is 0 Å². The number of carbonyl (C=O) groups excluding carboxylic acids is 2. The van der Waals surface area contributed by atoms with Crippen LogP contribution in [0.1, 0.15) is 239 Å². The number of hydrogen-bond acceptors (Lipinski definition) is 5. The Morgan fingerprint density at radius 3 is 1.18 bits per heavy atom. The van der Waals surface area contributed by atoms with Crippen molar-refractivity contribution in [3.05, 3.63) is 48.6 Å². The van der Waals surface area contributed by atoms with Crippen LogP contribution in [0.5, 0.6) is 0 Å². The number of unbranched alkanes of at least 4 members (excludes halogenated alkanes) is 27. The van der Waals surface area contributed by atoms with Crippen molar-refractivity contribution in [2.75, 3.05) is 13.2 Å². The summed E-state index contributed by atoms with van der Waals surface area (Å²) in [6, 6.07) is 0. The molecule has 0 amide bonds. The molecule has 0 fully saturated rings. The number of esters is 2. The zero-order valence-electron chi connectivity index (χ0n) is 36.4. The Hall–Kier alpha value is -2.14. The van der Waals surface area contributed by atoms with E-state index in [1.165, 1.54) is 148 Å². The Morgan fingerprint density at radius 1 is 0.436 bits per heavy atom. The fourth-order valence-corrected chi connectivity index (χ4v) is 6.84. The third-order valence-corrected chi connectivity index (χ3v) is 10.4. The van der Waals surface area contributed by atoms with Gasteiger partial charge in [0.25, 0.3) is 0 Å². The van der Waals surface area contributed by atoms with Gasteiger partial charge in [0.1, 0.15) is 6.61 Å². The average Bonchev–Trinajstić information content (AvgIpc) is 3.19. The van der Waals surface area contributed by atoms with E-state index in [9.17, 15) is 14.7 Å². The van der Waals surface area contributed by atoms with Crippen LogP contribution in [0, 0.1) is 0 Å². The first-order valence-corrected chi connectivity index (χ1v) is 23.7. The van der Waals surface area contributed by atoms with Gasteiger partial charge in [0.2, 0.25) is 0 Å². The lowest BCUT2D eigenvalue weighted by molar-refractivity contribution is -0.161. The molecule has 0 aromatic heterocycles. The summed E-state index contributed by atoms with van der Waals surface area (Å²) in [5.74, 6) is -0.582. The molecule has 0 heterocycles. The minimum Gasteiger partial charge on any atom is -0.462 e. The predicted molar refractivity (Wildman–Crippen MR) is 237 cm³/mol. The molecular formula is C50H90O5. The van der Waals surface area contributed by atoms with Gasteiger partial charge in [0.05, 0.1) is 6.61 Å². The topological polar surface area (TPSA) is 72.8 Å². The molecule has 0 aliphatic heterocycles. The lowest BCUT2D eigenvalue weighted by Crippen LogP contribution is -2.28. The van der Waals surface area contributed by atoms with Crippen molar-refractivity contribution in [1.29, 1.82) is 0 Å². The zero-order valence-corrected chi connectivity index (χ0v) is 36.4. The minimum atomic E-state index is -0.769. The van der Waals surface area contributed by atoms with E-state index in [0.29, 0.717) is 12.8 Å². The molecular weight excluding hydrogens is 681 g/mol. The monoisotopic (exact) mass is 771 g/mol. The van der Waals surface area contributed by atoms with Crippen molar-refractivity contribution in [3.63, 3.8) is 0 Å². The van der Waals surface area contributed by atoms with Crippen LogP contribution in [0.15, 0.2) is 48.6 Å². The van der Waals surface area contributed by atoms with Crippen molar-refractivity contribution in [2.24, 2.45) is 0 Å². The molecule has 5 heteroatoms. The van der Waals surface area contributed by atoms with Gasteiger partial charge in [-0.05, 0) is 51.4 Å². The predicted octanol–water partition coefficient (Wildman–Crippen LogP) is 15.4. The van der Waals surface area contributed by atoms with Crippen LogP contribution in [0.25, 0.3) is 0 Å². The van der Waals surface area contributed by atoms with Crippen LogP contribution < -0.4 is 0 Å². The van der Waals surface area contributed by atoms with Gasteiger partial charge in [-0.3, -0.25) is 9.59 Å². The minimum absolute atomic E-state index is 0.0626. The number of rotatable bonds is 43. The molecule has 320 valence electrons. The van der Waals surface area contributed by atoms with Crippen LogP contribution in [-0.2, 0) is 19.1 Å². The first-order valence-electron chi connectivity index (χ1n) is 23.7. The summed E-state index contributed by atoms with van der Waals surface area (Å²) in [4.78, 5) is 24.4. The van der Waals surface area contributed by atoms with E-state index in [4.69, 9.17) is 9.47 Å². The molecule has 0 bridgehead atoms. The Bertz CT molecular complexity index is 919. The summed E-state index contributed by atoms with van der Waals surface area (Å²) in [7, 11) is 0. The van der Waals surface area contributed by atoms with Crippen LogP contribution >= 0.6 is 0 Å².